The Kier molecular flexibility index (Phi) is 3.16. The predicted molar refractivity (Wildman–Crippen MR) is 74.7 cm³/mol. The van der Waals surface area contributed by atoms with Gasteiger partial charge in [0.15, 0.2) is 0 Å². The van der Waals surface area contributed by atoms with Gasteiger partial charge in [-0.3, -0.25) is 9.89 Å². The number of nitrogens with one attached hydrogen (secondary N) is 1. The van der Waals surface area contributed by atoms with Gasteiger partial charge in [-0.05, 0) is 45.2 Å². The molecule has 0 aliphatic heterocycles. The summed E-state index contributed by atoms with van der Waals surface area (Å²) in [6.07, 6.45) is 0.845. The van der Waals surface area contributed by atoms with Crippen molar-refractivity contribution in [1.29, 1.82) is 0 Å². The van der Waals surface area contributed by atoms with Gasteiger partial charge in [0.25, 0.3) is 5.56 Å². The molecule has 0 atom stereocenters. The third kappa shape index (κ3) is 1.90. The van der Waals surface area contributed by atoms with Gasteiger partial charge < -0.3 is 0 Å². The Balaban J connectivity index is 2.74. The lowest BCUT2D eigenvalue weighted by atomic mass is 10.1. The van der Waals surface area contributed by atoms with E-state index in [4.69, 9.17) is 0 Å². The van der Waals surface area contributed by atoms with Crippen molar-refractivity contribution in [1.82, 2.24) is 9.78 Å². The Morgan fingerprint density at radius 2 is 1.67 bits per heavy atom. The maximum atomic E-state index is 12.3. The van der Waals surface area contributed by atoms with Crippen molar-refractivity contribution in [2.24, 2.45) is 0 Å². The average molecular weight is 244 g/mol. The van der Waals surface area contributed by atoms with E-state index in [0.29, 0.717) is 0 Å². The molecule has 0 amide bonds. The summed E-state index contributed by atoms with van der Waals surface area (Å²) in [5, 5.41) is 3.22. The summed E-state index contributed by atoms with van der Waals surface area (Å²) in [6, 6.07) is 4.22. The summed E-state index contributed by atoms with van der Waals surface area (Å²) in [7, 11) is 0. The number of nitrogens with zero attached hydrogens (tertiary/aromatic N) is 1. The second-order valence-electron chi connectivity index (χ2n) is 4.96. The van der Waals surface area contributed by atoms with E-state index in [2.05, 4.69) is 31.1 Å². The number of aromatic amines is 1. The Morgan fingerprint density at radius 1 is 1.11 bits per heavy atom. The quantitative estimate of drug-likeness (QED) is 0.866. The molecular formula is C15H20N2O. The second kappa shape index (κ2) is 4.48. The van der Waals surface area contributed by atoms with Crippen LogP contribution in [-0.2, 0) is 6.42 Å². The van der Waals surface area contributed by atoms with E-state index < -0.39 is 0 Å². The van der Waals surface area contributed by atoms with Crippen molar-refractivity contribution >= 4 is 0 Å². The van der Waals surface area contributed by atoms with Crippen LogP contribution < -0.4 is 5.56 Å². The van der Waals surface area contributed by atoms with Gasteiger partial charge >= 0.3 is 0 Å². The van der Waals surface area contributed by atoms with Crippen LogP contribution in [0.3, 0.4) is 0 Å². The molecule has 0 aliphatic rings. The number of aromatic nitrogens is 2. The zero-order valence-electron chi connectivity index (χ0n) is 11.7. The van der Waals surface area contributed by atoms with Crippen molar-refractivity contribution in [2.75, 3.05) is 0 Å². The number of hydrogen-bond acceptors (Lipinski definition) is 1. The van der Waals surface area contributed by atoms with Gasteiger partial charge in [-0.2, -0.15) is 0 Å². The van der Waals surface area contributed by atoms with Gasteiger partial charge in [0.1, 0.15) is 0 Å². The number of H-pyrrole nitrogens is 1. The van der Waals surface area contributed by atoms with Crippen molar-refractivity contribution in [2.45, 2.75) is 41.0 Å². The lowest BCUT2D eigenvalue weighted by Gasteiger charge is -2.11. The van der Waals surface area contributed by atoms with E-state index >= 15 is 0 Å². The summed E-state index contributed by atoms with van der Waals surface area (Å²) in [5.41, 5.74) is 6.34. The zero-order valence-corrected chi connectivity index (χ0v) is 11.7. The van der Waals surface area contributed by atoms with Gasteiger partial charge in [0.05, 0.1) is 5.69 Å². The molecule has 0 aliphatic carbocycles. The normalized spacial score (nSPS) is 10.9. The highest BCUT2D eigenvalue weighted by Gasteiger charge is 2.13. The maximum absolute atomic E-state index is 12.3. The van der Waals surface area contributed by atoms with Crippen molar-refractivity contribution in [3.8, 4) is 5.69 Å². The molecular weight excluding hydrogens is 224 g/mol. The van der Waals surface area contributed by atoms with Crippen LogP contribution in [-0.4, -0.2) is 9.78 Å². The lowest BCUT2D eigenvalue weighted by Crippen LogP contribution is -2.18. The first-order chi connectivity index (χ1) is 8.45. The highest BCUT2D eigenvalue weighted by Crippen LogP contribution is 2.19. The van der Waals surface area contributed by atoms with Crippen molar-refractivity contribution < 1.29 is 0 Å². The number of benzene rings is 1. The summed E-state index contributed by atoms with van der Waals surface area (Å²) < 4.78 is 1.68. The molecule has 0 fully saturated rings. The Labute approximate surface area is 107 Å². The fraction of sp³-hybridized carbons (Fsp3) is 0.400. The second-order valence-corrected chi connectivity index (χ2v) is 4.96. The lowest BCUT2D eigenvalue weighted by molar-refractivity contribution is 0.807. The topological polar surface area (TPSA) is 37.8 Å². The average Bonchev–Trinajstić information content (AvgIpc) is 2.56. The monoisotopic (exact) mass is 244 g/mol. The molecule has 2 rings (SSSR count). The smallest absolute Gasteiger partial charge is 0.274 e. The van der Waals surface area contributed by atoms with Crippen LogP contribution in [0.1, 0.15) is 34.9 Å². The third-order valence-electron chi connectivity index (χ3n) is 3.44. The molecule has 18 heavy (non-hydrogen) atoms. The van der Waals surface area contributed by atoms with Crippen LogP contribution in [0.5, 0.6) is 0 Å². The van der Waals surface area contributed by atoms with Crippen LogP contribution in [0.4, 0.5) is 0 Å². The molecule has 96 valence electrons. The molecule has 0 unspecified atom stereocenters. The molecule has 1 heterocycles. The van der Waals surface area contributed by atoms with E-state index in [0.717, 1.165) is 34.5 Å². The van der Waals surface area contributed by atoms with Crippen LogP contribution >= 0.6 is 0 Å². The van der Waals surface area contributed by atoms with Crippen molar-refractivity contribution in [3.63, 3.8) is 0 Å². The Morgan fingerprint density at radius 3 is 2.11 bits per heavy atom. The summed E-state index contributed by atoms with van der Waals surface area (Å²) in [5.74, 6) is 0. The number of rotatable bonds is 2. The molecule has 0 saturated carbocycles. The Bertz CT molecular complexity index is 624. The number of aryl methyl sites for hydroxylation is 4. The zero-order chi connectivity index (χ0) is 13.4. The standard InChI is InChI=1S/C15H20N2O/c1-6-13-12(5)15(18)17(16-13)14-10(3)7-9(2)8-11(14)4/h7-8,16H,6H2,1-5H3. The largest absolute Gasteiger partial charge is 0.295 e. The summed E-state index contributed by atoms with van der Waals surface area (Å²) in [4.78, 5) is 12.3. The minimum Gasteiger partial charge on any atom is -0.295 e. The van der Waals surface area contributed by atoms with Crippen LogP contribution in [0.2, 0.25) is 0 Å². The minimum atomic E-state index is 0.0573. The molecule has 3 nitrogen and oxygen atoms in total. The molecule has 0 bridgehead atoms. The summed E-state index contributed by atoms with van der Waals surface area (Å²) >= 11 is 0. The fourth-order valence-corrected chi connectivity index (χ4v) is 2.59. The fourth-order valence-electron chi connectivity index (χ4n) is 2.59. The van der Waals surface area contributed by atoms with Gasteiger partial charge in [-0.15, -0.1) is 0 Å². The molecule has 0 spiro atoms. The third-order valence-corrected chi connectivity index (χ3v) is 3.44. The summed E-state index contributed by atoms with van der Waals surface area (Å²) in [6.45, 7) is 10.1. The first-order valence-electron chi connectivity index (χ1n) is 6.34. The van der Waals surface area contributed by atoms with Gasteiger partial charge in [0, 0.05) is 11.3 Å². The van der Waals surface area contributed by atoms with Crippen LogP contribution in [0.15, 0.2) is 16.9 Å². The van der Waals surface area contributed by atoms with E-state index in [1.165, 1.54) is 5.56 Å². The molecule has 2 aromatic rings. The SMILES string of the molecule is CCc1[nH]n(-c2c(C)cc(C)cc2C)c(=O)c1C. The van der Waals surface area contributed by atoms with E-state index in [1.54, 1.807) is 4.68 Å². The molecule has 1 N–H and O–H groups in total. The van der Waals surface area contributed by atoms with Gasteiger partial charge in [0.2, 0.25) is 0 Å². The maximum Gasteiger partial charge on any atom is 0.274 e. The minimum absolute atomic E-state index is 0.0573. The first kappa shape index (κ1) is 12.7. The Hall–Kier alpha value is -1.77. The van der Waals surface area contributed by atoms with Crippen LogP contribution in [0, 0.1) is 27.7 Å². The predicted octanol–water partition coefficient (Wildman–Crippen LogP) is 2.96. The van der Waals surface area contributed by atoms with Gasteiger partial charge in [-0.25, -0.2) is 4.68 Å². The molecule has 0 radical (unpaired) electrons. The molecule has 1 aromatic carbocycles. The highest BCUT2D eigenvalue weighted by molar-refractivity contribution is 5.49. The molecule has 3 heteroatoms. The van der Waals surface area contributed by atoms with E-state index in [9.17, 15) is 4.79 Å². The number of hydrogen-bond donors (Lipinski definition) is 1. The first-order valence-corrected chi connectivity index (χ1v) is 6.34. The highest BCUT2D eigenvalue weighted by atomic mass is 16.1. The van der Waals surface area contributed by atoms with Crippen molar-refractivity contribution in [3.05, 3.63) is 50.4 Å². The van der Waals surface area contributed by atoms with Gasteiger partial charge in [-0.1, -0.05) is 24.6 Å². The molecule has 0 saturated heterocycles. The van der Waals surface area contributed by atoms with E-state index in [-0.39, 0.29) is 5.56 Å². The van der Waals surface area contributed by atoms with Crippen LogP contribution in [0.25, 0.3) is 5.69 Å². The molecule has 1 aromatic heterocycles. The van der Waals surface area contributed by atoms with E-state index in [1.807, 2.05) is 20.8 Å².